The summed E-state index contributed by atoms with van der Waals surface area (Å²) in [6, 6.07) is 0.0515. The summed E-state index contributed by atoms with van der Waals surface area (Å²) >= 11 is 0. The second-order valence-electron chi connectivity index (χ2n) is 3.77. The Kier molecular flexibility index (Phi) is 4.55. The number of carbonyl (C=O) groups excluding carboxylic acids is 1. The van der Waals surface area contributed by atoms with Crippen molar-refractivity contribution in [1.82, 2.24) is 4.90 Å². The standard InChI is InChI=1S/C10H17NO4/c1-8(12)11-5-3-2-4-9(11)6-15-7-10(13)14/h9H,2-7H2,1H3,(H,13,14)/t9-/m1/s1. The fourth-order valence-corrected chi connectivity index (χ4v) is 1.87. The lowest BCUT2D eigenvalue weighted by Gasteiger charge is -2.34. The lowest BCUT2D eigenvalue weighted by Crippen LogP contribution is -2.45. The maximum absolute atomic E-state index is 11.3. The summed E-state index contributed by atoms with van der Waals surface area (Å²) < 4.78 is 5.02. The van der Waals surface area contributed by atoms with Crippen molar-refractivity contribution >= 4 is 11.9 Å². The molecule has 86 valence electrons. The molecule has 5 heteroatoms. The highest BCUT2D eigenvalue weighted by molar-refractivity contribution is 5.73. The number of amides is 1. The molecule has 1 heterocycles. The van der Waals surface area contributed by atoms with Crippen LogP contribution >= 0.6 is 0 Å². The molecule has 1 amide bonds. The van der Waals surface area contributed by atoms with E-state index in [1.807, 2.05) is 0 Å². The SMILES string of the molecule is CC(=O)N1CCCC[C@@H]1COCC(=O)O. The number of nitrogens with zero attached hydrogens (tertiary/aromatic N) is 1. The van der Waals surface area contributed by atoms with Crippen LogP contribution in [0.2, 0.25) is 0 Å². The largest absolute Gasteiger partial charge is 0.480 e. The lowest BCUT2D eigenvalue weighted by molar-refractivity contribution is -0.143. The molecule has 15 heavy (non-hydrogen) atoms. The van der Waals surface area contributed by atoms with Gasteiger partial charge in [-0.1, -0.05) is 0 Å². The van der Waals surface area contributed by atoms with E-state index in [-0.39, 0.29) is 18.6 Å². The third-order valence-electron chi connectivity index (χ3n) is 2.57. The Labute approximate surface area is 89.0 Å². The van der Waals surface area contributed by atoms with Crippen LogP contribution in [0.3, 0.4) is 0 Å². The van der Waals surface area contributed by atoms with Gasteiger partial charge in [0.25, 0.3) is 0 Å². The van der Waals surface area contributed by atoms with E-state index in [4.69, 9.17) is 9.84 Å². The van der Waals surface area contributed by atoms with E-state index in [1.165, 1.54) is 6.92 Å². The van der Waals surface area contributed by atoms with Gasteiger partial charge in [-0.25, -0.2) is 4.79 Å². The van der Waals surface area contributed by atoms with Crippen LogP contribution in [0.1, 0.15) is 26.2 Å². The van der Waals surface area contributed by atoms with Gasteiger partial charge in [-0.3, -0.25) is 4.79 Å². The van der Waals surface area contributed by atoms with Crippen LogP contribution in [0, 0.1) is 0 Å². The van der Waals surface area contributed by atoms with Crippen molar-refractivity contribution in [3.8, 4) is 0 Å². The predicted molar refractivity (Wildman–Crippen MR) is 53.5 cm³/mol. The Morgan fingerprint density at radius 2 is 2.20 bits per heavy atom. The van der Waals surface area contributed by atoms with Crippen LogP contribution in [0.25, 0.3) is 0 Å². The monoisotopic (exact) mass is 215 g/mol. The van der Waals surface area contributed by atoms with E-state index in [0.717, 1.165) is 25.8 Å². The van der Waals surface area contributed by atoms with Crippen molar-refractivity contribution in [2.45, 2.75) is 32.2 Å². The first kappa shape index (κ1) is 12.0. The van der Waals surface area contributed by atoms with Gasteiger partial charge in [0.1, 0.15) is 6.61 Å². The van der Waals surface area contributed by atoms with Crippen LogP contribution in [-0.4, -0.2) is 47.7 Å². The van der Waals surface area contributed by atoms with E-state index < -0.39 is 5.97 Å². The van der Waals surface area contributed by atoms with Crippen molar-refractivity contribution in [2.75, 3.05) is 19.8 Å². The van der Waals surface area contributed by atoms with E-state index in [2.05, 4.69) is 0 Å². The number of hydrogen-bond donors (Lipinski definition) is 1. The molecule has 1 aliphatic heterocycles. The summed E-state index contributed by atoms with van der Waals surface area (Å²) in [5, 5.41) is 8.41. The van der Waals surface area contributed by atoms with Gasteiger partial charge in [-0.2, -0.15) is 0 Å². The van der Waals surface area contributed by atoms with E-state index in [1.54, 1.807) is 4.90 Å². The Morgan fingerprint density at radius 3 is 2.80 bits per heavy atom. The average Bonchev–Trinajstić information content (AvgIpc) is 2.17. The highest BCUT2D eigenvalue weighted by Gasteiger charge is 2.24. The topological polar surface area (TPSA) is 66.8 Å². The molecule has 0 aromatic carbocycles. The van der Waals surface area contributed by atoms with Gasteiger partial charge in [0.2, 0.25) is 5.91 Å². The number of aliphatic carboxylic acids is 1. The molecule has 1 aliphatic rings. The van der Waals surface area contributed by atoms with E-state index in [9.17, 15) is 9.59 Å². The molecule has 0 aromatic rings. The number of rotatable bonds is 4. The maximum atomic E-state index is 11.3. The molecular weight excluding hydrogens is 198 g/mol. The first-order valence-corrected chi connectivity index (χ1v) is 5.18. The zero-order chi connectivity index (χ0) is 11.3. The van der Waals surface area contributed by atoms with Crippen LogP contribution in [0.15, 0.2) is 0 Å². The van der Waals surface area contributed by atoms with Gasteiger partial charge in [0.15, 0.2) is 0 Å². The van der Waals surface area contributed by atoms with Crippen molar-refractivity contribution < 1.29 is 19.4 Å². The van der Waals surface area contributed by atoms with Crippen molar-refractivity contribution in [1.29, 1.82) is 0 Å². The van der Waals surface area contributed by atoms with Gasteiger partial charge in [-0.05, 0) is 19.3 Å². The van der Waals surface area contributed by atoms with Crippen LogP contribution in [0.4, 0.5) is 0 Å². The zero-order valence-electron chi connectivity index (χ0n) is 8.94. The quantitative estimate of drug-likeness (QED) is 0.741. The van der Waals surface area contributed by atoms with Gasteiger partial charge < -0.3 is 14.7 Å². The Hall–Kier alpha value is -1.10. The highest BCUT2D eigenvalue weighted by Crippen LogP contribution is 2.17. The maximum Gasteiger partial charge on any atom is 0.329 e. The molecule has 0 aliphatic carbocycles. The van der Waals surface area contributed by atoms with Gasteiger partial charge >= 0.3 is 5.97 Å². The lowest BCUT2D eigenvalue weighted by atomic mass is 10.0. The average molecular weight is 215 g/mol. The number of hydrogen-bond acceptors (Lipinski definition) is 3. The van der Waals surface area contributed by atoms with Crippen molar-refractivity contribution in [3.05, 3.63) is 0 Å². The van der Waals surface area contributed by atoms with Gasteiger partial charge in [0.05, 0.1) is 12.6 Å². The van der Waals surface area contributed by atoms with Crippen molar-refractivity contribution in [3.63, 3.8) is 0 Å². The summed E-state index contributed by atoms with van der Waals surface area (Å²) in [5.41, 5.74) is 0. The van der Waals surface area contributed by atoms with E-state index >= 15 is 0 Å². The molecule has 0 unspecified atom stereocenters. The predicted octanol–water partition coefficient (Wildman–Crippen LogP) is 0.489. The number of piperidine rings is 1. The molecular formula is C10H17NO4. The summed E-state index contributed by atoms with van der Waals surface area (Å²) in [6.45, 7) is 2.33. The Balaban J connectivity index is 2.36. The minimum Gasteiger partial charge on any atom is -0.480 e. The number of likely N-dealkylation sites (tertiary alicyclic amines) is 1. The Bertz CT molecular complexity index is 242. The number of carboxylic acid groups (broad SMARTS) is 1. The van der Waals surface area contributed by atoms with Gasteiger partial charge in [-0.15, -0.1) is 0 Å². The summed E-state index contributed by atoms with van der Waals surface area (Å²) in [5.74, 6) is -0.932. The van der Waals surface area contributed by atoms with Crippen LogP contribution in [0.5, 0.6) is 0 Å². The Morgan fingerprint density at radius 1 is 1.47 bits per heavy atom. The molecule has 0 bridgehead atoms. The second-order valence-corrected chi connectivity index (χ2v) is 3.77. The molecule has 0 radical (unpaired) electrons. The molecule has 0 saturated carbocycles. The fraction of sp³-hybridized carbons (Fsp3) is 0.800. The fourth-order valence-electron chi connectivity index (χ4n) is 1.87. The molecule has 1 atom stereocenters. The minimum absolute atomic E-state index is 0.0404. The molecule has 0 spiro atoms. The normalized spacial score (nSPS) is 21.4. The molecule has 1 rings (SSSR count). The molecule has 1 N–H and O–H groups in total. The number of carbonyl (C=O) groups is 2. The number of ether oxygens (including phenoxy) is 1. The summed E-state index contributed by atoms with van der Waals surface area (Å²) in [7, 11) is 0. The summed E-state index contributed by atoms with van der Waals surface area (Å²) in [4.78, 5) is 23.3. The third-order valence-corrected chi connectivity index (χ3v) is 2.57. The first-order valence-electron chi connectivity index (χ1n) is 5.18. The molecule has 1 saturated heterocycles. The van der Waals surface area contributed by atoms with Crippen LogP contribution in [-0.2, 0) is 14.3 Å². The summed E-state index contributed by atoms with van der Waals surface area (Å²) in [6.07, 6.45) is 3.00. The van der Waals surface area contributed by atoms with E-state index in [0.29, 0.717) is 6.61 Å². The smallest absolute Gasteiger partial charge is 0.329 e. The third kappa shape index (κ3) is 3.87. The number of carboxylic acids is 1. The highest BCUT2D eigenvalue weighted by atomic mass is 16.5. The molecule has 5 nitrogen and oxygen atoms in total. The van der Waals surface area contributed by atoms with Crippen molar-refractivity contribution in [2.24, 2.45) is 0 Å². The first-order chi connectivity index (χ1) is 7.11. The zero-order valence-corrected chi connectivity index (χ0v) is 8.94. The van der Waals surface area contributed by atoms with Crippen LogP contribution < -0.4 is 0 Å². The van der Waals surface area contributed by atoms with Gasteiger partial charge in [0, 0.05) is 13.5 Å². The molecule has 0 aromatic heterocycles. The molecule has 1 fully saturated rings. The minimum atomic E-state index is -0.972. The second kappa shape index (κ2) is 5.70.